The summed E-state index contributed by atoms with van der Waals surface area (Å²) in [6.07, 6.45) is 6.86. The van der Waals surface area contributed by atoms with Crippen LogP contribution < -0.4 is 5.19 Å². The molecule has 0 aromatic heterocycles. The Balaban J connectivity index is 2.29. The normalized spacial score (nSPS) is 21.2. The fourth-order valence-corrected chi connectivity index (χ4v) is 7.10. The van der Waals surface area contributed by atoms with Gasteiger partial charge in [-0.3, -0.25) is 0 Å². The van der Waals surface area contributed by atoms with E-state index in [-0.39, 0.29) is 0 Å². The Morgan fingerprint density at radius 3 is 2.06 bits per heavy atom. The van der Waals surface area contributed by atoms with Gasteiger partial charge < -0.3 is 0 Å². The molecule has 0 aliphatic heterocycles. The number of benzene rings is 1. The van der Waals surface area contributed by atoms with Gasteiger partial charge in [-0.05, 0) is 24.6 Å². The molecule has 1 saturated carbocycles. The second kappa shape index (κ2) is 5.15. The third-order valence-corrected chi connectivity index (χ3v) is 9.27. The predicted molar refractivity (Wildman–Crippen MR) is 79.9 cm³/mol. The lowest BCUT2D eigenvalue weighted by Crippen LogP contribution is -2.44. The van der Waals surface area contributed by atoms with Gasteiger partial charge in [0.05, 0.1) is 0 Å². The number of hydrogen-bond donors (Lipinski definition) is 0. The first-order valence-electron chi connectivity index (χ1n) is 6.78. The van der Waals surface area contributed by atoms with Crippen molar-refractivity contribution in [2.24, 2.45) is 0 Å². The summed E-state index contributed by atoms with van der Waals surface area (Å²) in [5.41, 5.74) is 3.49. The van der Waals surface area contributed by atoms with Gasteiger partial charge in [-0.15, -0.1) is 0 Å². The van der Waals surface area contributed by atoms with Gasteiger partial charge in [0.2, 0.25) is 0 Å². The third-order valence-electron chi connectivity index (χ3n) is 4.16. The lowest BCUT2D eigenvalue weighted by Gasteiger charge is -2.33. The van der Waals surface area contributed by atoms with E-state index in [2.05, 4.69) is 38.6 Å². The lowest BCUT2D eigenvalue weighted by atomic mass is 10.0. The molecular formula is C15H23ClSi. The van der Waals surface area contributed by atoms with E-state index < -0.39 is 7.38 Å². The van der Waals surface area contributed by atoms with Gasteiger partial charge in [0.25, 0.3) is 0 Å². The molecule has 0 saturated heterocycles. The fourth-order valence-electron chi connectivity index (χ4n) is 3.14. The van der Waals surface area contributed by atoms with Gasteiger partial charge in [0.1, 0.15) is 0 Å². The van der Waals surface area contributed by atoms with Crippen LogP contribution in [0.5, 0.6) is 0 Å². The second-order valence-corrected chi connectivity index (χ2v) is 11.7. The van der Waals surface area contributed by atoms with E-state index >= 15 is 0 Å². The molecule has 1 atom stereocenters. The second-order valence-electron chi connectivity index (χ2n) is 5.79. The Morgan fingerprint density at radius 1 is 1.00 bits per heavy atom. The lowest BCUT2D eigenvalue weighted by molar-refractivity contribution is 0.497. The highest BCUT2D eigenvalue weighted by Gasteiger charge is 2.37. The topological polar surface area (TPSA) is 0 Å². The zero-order chi connectivity index (χ0) is 12.5. The van der Waals surface area contributed by atoms with Crippen molar-refractivity contribution in [3.8, 4) is 0 Å². The maximum Gasteiger partial charge on any atom is 0.186 e. The summed E-state index contributed by atoms with van der Waals surface area (Å²) in [4.78, 5) is 0. The Labute approximate surface area is 111 Å². The zero-order valence-electron chi connectivity index (χ0n) is 11.2. The number of aryl methyl sites for hydroxylation is 2. The first-order chi connectivity index (χ1) is 8.00. The first-order valence-corrected chi connectivity index (χ1v) is 10.4. The number of rotatable bonds is 2. The van der Waals surface area contributed by atoms with Gasteiger partial charge in [-0.25, -0.2) is 0 Å². The largest absolute Gasteiger partial charge is 0.186 e. The molecule has 0 nitrogen and oxygen atoms in total. The standard InChI is InChI=1S/C15H23ClSi/c1-12-9-13(2)11-15(10-12)17(3,16)14-7-5-4-6-8-14/h9-11,14H,4-8H2,1-3H3. The SMILES string of the molecule is Cc1cc(C)cc([Si](C)(Cl)C2CCCCC2)c1. The molecule has 0 spiro atoms. The van der Waals surface area contributed by atoms with Crippen LogP contribution in [0.25, 0.3) is 0 Å². The van der Waals surface area contributed by atoms with Crippen LogP contribution >= 0.6 is 11.1 Å². The highest BCUT2D eigenvalue weighted by Crippen LogP contribution is 2.38. The molecule has 1 aliphatic carbocycles. The molecule has 1 aromatic rings. The summed E-state index contributed by atoms with van der Waals surface area (Å²) in [5.74, 6) is 0. The van der Waals surface area contributed by atoms with Gasteiger partial charge in [-0.2, -0.15) is 11.1 Å². The summed E-state index contributed by atoms with van der Waals surface area (Å²) in [7, 11) is -1.77. The molecule has 0 N–H and O–H groups in total. The van der Waals surface area contributed by atoms with E-state index in [1.165, 1.54) is 48.4 Å². The molecule has 2 heteroatoms. The van der Waals surface area contributed by atoms with Gasteiger partial charge in [0, 0.05) is 0 Å². The smallest absolute Gasteiger partial charge is 0.161 e. The van der Waals surface area contributed by atoms with E-state index in [9.17, 15) is 0 Å². The Morgan fingerprint density at radius 2 is 1.53 bits per heavy atom. The van der Waals surface area contributed by atoms with Crippen LogP contribution in [0.1, 0.15) is 43.2 Å². The predicted octanol–water partition coefficient (Wildman–Crippen LogP) is 4.66. The van der Waals surface area contributed by atoms with E-state index in [0.29, 0.717) is 0 Å². The zero-order valence-corrected chi connectivity index (χ0v) is 13.0. The Bertz CT molecular complexity index is 372. The van der Waals surface area contributed by atoms with Crippen molar-refractivity contribution in [2.45, 2.75) is 58.0 Å². The molecule has 1 aromatic carbocycles. The van der Waals surface area contributed by atoms with E-state index in [1.807, 2.05) is 0 Å². The summed E-state index contributed by atoms with van der Waals surface area (Å²) in [6.45, 7) is 6.70. The highest BCUT2D eigenvalue weighted by molar-refractivity contribution is 7.27. The first kappa shape index (κ1) is 13.2. The monoisotopic (exact) mass is 266 g/mol. The molecule has 17 heavy (non-hydrogen) atoms. The van der Waals surface area contributed by atoms with E-state index in [4.69, 9.17) is 11.1 Å². The van der Waals surface area contributed by atoms with E-state index in [1.54, 1.807) is 0 Å². The average Bonchev–Trinajstić information content (AvgIpc) is 2.29. The molecule has 1 fully saturated rings. The average molecular weight is 267 g/mol. The molecule has 1 unspecified atom stereocenters. The van der Waals surface area contributed by atoms with Gasteiger partial charge >= 0.3 is 0 Å². The maximum atomic E-state index is 7.02. The Kier molecular flexibility index (Phi) is 3.99. The van der Waals surface area contributed by atoms with Gasteiger partial charge in [-0.1, -0.05) is 68.0 Å². The molecular weight excluding hydrogens is 244 g/mol. The summed E-state index contributed by atoms with van der Waals surface area (Å²) < 4.78 is 0. The van der Waals surface area contributed by atoms with Crippen LogP contribution in [-0.4, -0.2) is 7.38 Å². The minimum absolute atomic E-state index is 0.777. The van der Waals surface area contributed by atoms with Crippen molar-refractivity contribution in [1.82, 2.24) is 0 Å². The molecule has 0 amide bonds. The van der Waals surface area contributed by atoms with Crippen LogP contribution in [0.3, 0.4) is 0 Å². The molecule has 0 bridgehead atoms. The van der Waals surface area contributed by atoms with Crippen molar-refractivity contribution in [1.29, 1.82) is 0 Å². The van der Waals surface area contributed by atoms with Crippen LogP contribution in [0.4, 0.5) is 0 Å². The number of halogens is 1. The van der Waals surface area contributed by atoms with Gasteiger partial charge in [0.15, 0.2) is 7.38 Å². The van der Waals surface area contributed by atoms with Crippen molar-refractivity contribution < 1.29 is 0 Å². The van der Waals surface area contributed by atoms with Crippen LogP contribution in [0.15, 0.2) is 18.2 Å². The Hall–Kier alpha value is -0.273. The summed E-state index contributed by atoms with van der Waals surface area (Å²) >= 11 is 7.02. The van der Waals surface area contributed by atoms with Crippen molar-refractivity contribution in [3.63, 3.8) is 0 Å². The highest BCUT2D eigenvalue weighted by atomic mass is 35.6. The van der Waals surface area contributed by atoms with Crippen LogP contribution in [-0.2, 0) is 0 Å². The van der Waals surface area contributed by atoms with Crippen LogP contribution in [0.2, 0.25) is 12.1 Å². The molecule has 94 valence electrons. The fraction of sp³-hybridized carbons (Fsp3) is 0.600. The van der Waals surface area contributed by atoms with E-state index in [0.717, 1.165) is 5.54 Å². The summed E-state index contributed by atoms with van der Waals surface area (Å²) in [5, 5.41) is 1.45. The van der Waals surface area contributed by atoms with Crippen molar-refractivity contribution >= 4 is 23.6 Å². The minimum Gasteiger partial charge on any atom is -0.161 e. The summed E-state index contributed by atoms with van der Waals surface area (Å²) in [6, 6.07) is 6.88. The minimum atomic E-state index is -1.77. The van der Waals surface area contributed by atoms with Crippen molar-refractivity contribution in [2.75, 3.05) is 0 Å². The molecule has 0 heterocycles. The maximum absolute atomic E-state index is 7.02. The third kappa shape index (κ3) is 2.94. The molecule has 1 aliphatic rings. The van der Waals surface area contributed by atoms with Crippen molar-refractivity contribution in [3.05, 3.63) is 29.3 Å². The quantitative estimate of drug-likeness (QED) is 0.540. The van der Waals surface area contributed by atoms with Crippen LogP contribution in [0, 0.1) is 13.8 Å². The molecule has 0 radical (unpaired) electrons. The number of hydrogen-bond acceptors (Lipinski definition) is 0. The molecule has 2 rings (SSSR count).